The Labute approximate surface area is 122 Å². The first-order valence-electron chi connectivity index (χ1n) is 7.49. The third kappa shape index (κ3) is 3.76. The molecular formula is C17H27NS. The van der Waals surface area contributed by atoms with Crippen molar-refractivity contribution in [1.29, 1.82) is 0 Å². The van der Waals surface area contributed by atoms with E-state index in [0.717, 1.165) is 6.54 Å². The van der Waals surface area contributed by atoms with E-state index in [-0.39, 0.29) is 0 Å². The molecule has 1 N–H and O–H groups in total. The molecule has 1 aromatic rings. The van der Waals surface area contributed by atoms with Crippen LogP contribution in [-0.2, 0) is 0 Å². The maximum Gasteiger partial charge on any atom is 0.0253 e. The number of nitrogens with one attached hydrogen (secondary N) is 1. The first-order chi connectivity index (χ1) is 9.03. The average Bonchev–Trinajstić information content (AvgIpc) is 2.65. The predicted octanol–water partition coefficient (Wildman–Crippen LogP) is 4.64. The number of rotatable bonds is 5. The molecule has 1 aliphatic rings. The summed E-state index contributed by atoms with van der Waals surface area (Å²) in [6, 6.07) is 9.61. The van der Waals surface area contributed by atoms with Crippen molar-refractivity contribution in [3.63, 3.8) is 0 Å². The Morgan fingerprint density at radius 2 is 1.95 bits per heavy atom. The van der Waals surface area contributed by atoms with Crippen LogP contribution >= 0.6 is 11.8 Å². The molecule has 1 fully saturated rings. The lowest BCUT2D eigenvalue weighted by atomic mass is 9.87. The van der Waals surface area contributed by atoms with Crippen LogP contribution in [0, 0.1) is 12.3 Å². The van der Waals surface area contributed by atoms with Crippen molar-refractivity contribution in [2.45, 2.75) is 63.1 Å². The fraction of sp³-hybridized carbons (Fsp3) is 0.647. The minimum absolute atomic E-state index is 0.428. The van der Waals surface area contributed by atoms with Gasteiger partial charge in [0, 0.05) is 16.2 Å². The molecule has 0 radical (unpaired) electrons. The first kappa shape index (κ1) is 14.9. The molecule has 0 spiro atoms. The molecule has 0 aliphatic heterocycles. The molecular weight excluding hydrogens is 250 g/mol. The molecule has 106 valence electrons. The van der Waals surface area contributed by atoms with Gasteiger partial charge < -0.3 is 5.32 Å². The molecule has 2 heteroatoms. The zero-order valence-corrected chi connectivity index (χ0v) is 13.5. The highest BCUT2D eigenvalue weighted by Gasteiger charge is 2.41. The van der Waals surface area contributed by atoms with Gasteiger partial charge in [0.05, 0.1) is 0 Å². The van der Waals surface area contributed by atoms with Crippen molar-refractivity contribution >= 4 is 11.8 Å². The summed E-state index contributed by atoms with van der Waals surface area (Å²) in [5, 5.41) is 4.49. The maximum absolute atomic E-state index is 3.78. The van der Waals surface area contributed by atoms with E-state index < -0.39 is 0 Å². The predicted molar refractivity (Wildman–Crippen MR) is 85.9 cm³/mol. The SMILES string of the molecule is CCCNC1C(Sc2ccc(C)cc2)CCC1(C)C. The zero-order chi connectivity index (χ0) is 13.9. The molecule has 1 aliphatic carbocycles. The average molecular weight is 277 g/mol. The molecule has 2 unspecified atom stereocenters. The van der Waals surface area contributed by atoms with E-state index in [1.807, 2.05) is 0 Å². The minimum Gasteiger partial charge on any atom is -0.312 e. The van der Waals surface area contributed by atoms with Gasteiger partial charge in [-0.2, -0.15) is 0 Å². The highest BCUT2D eigenvalue weighted by molar-refractivity contribution is 8.00. The van der Waals surface area contributed by atoms with E-state index in [4.69, 9.17) is 0 Å². The summed E-state index contributed by atoms with van der Waals surface area (Å²) in [5.74, 6) is 0. The van der Waals surface area contributed by atoms with Gasteiger partial charge in [0.25, 0.3) is 0 Å². The van der Waals surface area contributed by atoms with Gasteiger partial charge in [0.15, 0.2) is 0 Å². The Morgan fingerprint density at radius 1 is 1.26 bits per heavy atom. The van der Waals surface area contributed by atoms with Crippen molar-refractivity contribution in [3.05, 3.63) is 29.8 Å². The largest absolute Gasteiger partial charge is 0.312 e. The second-order valence-electron chi connectivity index (χ2n) is 6.43. The van der Waals surface area contributed by atoms with Crippen molar-refractivity contribution in [1.82, 2.24) is 5.32 Å². The van der Waals surface area contributed by atoms with Crippen molar-refractivity contribution in [3.8, 4) is 0 Å². The Morgan fingerprint density at radius 3 is 2.58 bits per heavy atom. The Balaban J connectivity index is 2.03. The molecule has 2 rings (SSSR count). The van der Waals surface area contributed by atoms with Gasteiger partial charge in [-0.25, -0.2) is 0 Å². The third-order valence-electron chi connectivity index (χ3n) is 4.21. The summed E-state index contributed by atoms with van der Waals surface area (Å²) < 4.78 is 0. The molecule has 19 heavy (non-hydrogen) atoms. The summed E-state index contributed by atoms with van der Waals surface area (Å²) in [6.45, 7) is 10.4. The van der Waals surface area contributed by atoms with Gasteiger partial charge in [-0.05, 0) is 50.3 Å². The Kier molecular flexibility index (Phi) is 4.97. The summed E-state index contributed by atoms with van der Waals surface area (Å²) >= 11 is 2.06. The highest BCUT2D eigenvalue weighted by Crippen LogP contribution is 2.45. The molecule has 1 aromatic carbocycles. The van der Waals surface area contributed by atoms with Crippen LogP contribution in [0.15, 0.2) is 29.2 Å². The van der Waals surface area contributed by atoms with E-state index in [1.165, 1.54) is 29.7 Å². The summed E-state index contributed by atoms with van der Waals surface area (Å²) in [7, 11) is 0. The first-order valence-corrected chi connectivity index (χ1v) is 8.37. The summed E-state index contributed by atoms with van der Waals surface area (Å²) in [4.78, 5) is 1.41. The highest BCUT2D eigenvalue weighted by atomic mass is 32.2. The third-order valence-corrected chi connectivity index (χ3v) is 5.56. The van der Waals surface area contributed by atoms with Crippen molar-refractivity contribution in [2.24, 2.45) is 5.41 Å². The van der Waals surface area contributed by atoms with E-state index >= 15 is 0 Å². The standard InChI is InChI=1S/C17H27NS/c1-5-12-18-16-15(10-11-17(16,3)4)19-14-8-6-13(2)7-9-14/h6-9,15-16,18H,5,10-12H2,1-4H3. The molecule has 1 saturated carbocycles. The summed E-state index contributed by atoms with van der Waals surface area (Å²) in [5.41, 5.74) is 1.77. The Bertz CT molecular complexity index is 396. The lowest BCUT2D eigenvalue weighted by Crippen LogP contribution is -2.43. The number of aryl methyl sites for hydroxylation is 1. The molecule has 0 heterocycles. The van der Waals surface area contributed by atoms with Crippen LogP contribution in [0.25, 0.3) is 0 Å². The lowest BCUT2D eigenvalue weighted by Gasteiger charge is -2.31. The molecule has 1 nitrogen and oxygen atoms in total. The van der Waals surface area contributed by atoms with Crippen molar-refractivity contribution in [2.75, 3.05) is 6.54 Å². The molecule has 0 aromatic heterocycles. The van der Waals surface area contributed by atoms with Crippen LogP contribution in [0.2, 0.25) is 0 Å². The van der Waals surface area contributed by atoms with E-state index in [1.54, 1.807) is 0 Å². The topological polar surface area (TPSA) is 12.0 Å². The van der Waals surface area contributed by atoms with Crippen LogP contribution in [0.4, 0.5) is 0 Å². The van der Waals surface area contributed by atoms with Gasteiger partial charge >= 0.3 is 0 Å². The fourth-order valence-corrected chi connectivity index (χ4v) is 4.45. The van der Waals surface area contributed by atoms with Crippen LogP contribution in [0.3, 0.4) is 0 Å². The second kappa shape index (κ2) is 6.32. The van der Waals surface area contributed by atoms with Gasteiger partial charge in [0.2, 0.25) is 0 Å². The molecule has 0 bridgehead atoms. The number of benzene rings is 1. The Hall–Kier alpha value is -0.470. The second-order valence-corrected chi connectivity index (χ2v) is 7.74. The number of hydrogen-bond acceptors (Lipinski definition) is 2. The zero-order valence-electron chi connectivity index (χ0n) is 12.7. The van der Waals surface area contributed by atoms with Crippen LogP contribution < -0.4 is 5.32 Å². The number of hydrogen-bond donors (Lipinski definition) is 1. The maximum atomic E-state index is 3.78. The van der Waals surface area contributed by atoms with E-state index in [9.17, 15) is 0 Å². The van der Waals surface area contributed by atoms with E-state index in [0.29, 0.717) is 16.7 Å². The molecule has 0 amide bonds. The van der Waals surface area contributed by atoms with Gasteiger partial charge in [0.1, 0.15) is 0 Å². The fourth-order valence-electron chi connectivity index (χ4n) is 2.97. The quantitative estimate of drug-likeness (QED) is 0.841. The van der Waals surface area contributed by atoms with Crippen LogP contribution in [-0.4, -0.2) is 17.8 Å². The number of thioether (sulfide) groups is 1. The van der Waals surface area contributed by atoms with E-state index in [2.05, 4.69) is 69.0 Å². The van der Waals surface area contributed by atoms with Gasteiger partial charge in [-0.1, -0.05) is 38.5 Å². The van der Waals surface area contributed by atoms with Crippen LogP contribution in [0.1, 0.15) is 45.6 Å². The van der Waals surface area contributed by atoms with Crippen LogP contribution in [0.5, 0.6) is 0 Å². The minimum atomic E-state index is 0.428. The molecule has 2 atom stereocenters. The van der Waals surface area contributed by atoms with Gasteiger partial charge in [-0.3, -0.25) is 0 Å². The molecule has 0 saturated heterocycles. The monoisotopic (exact) mass is 277 g/mol. The summed E-state index contributed by atoms with van der Waals surface area (Å²) in [6.07, 6.45) is 3.87. The normalized spacial score (nSPS) is 25.7. The smallest absolute Gasteiger partial charge is 0.0253 e. The lowest BCUT2D eigenvalue weighted by molar-refractivity contribution is 0.287. The van der Waals surface area contributed by atoms with Gasteiger partial charge in [-0.15, -0.1) is 11.8 Å². The van der Waals surface area contributed by atoms with Crippen molar-refractivity contribution < 1.29 is 0 Å².